The third-order valence-electron chi connectivity index (χ3n) is 5.34. The van der Waals surface area contributed by atoms with E-state index in [0.29, 0.717) is 0 Å². The van der Waals surface area contributed by atoms with Gasteiger partial charge in [0.1, 0.15) is 17.2 Å². The largest absolute Gasteiger partial charge is 0.485 e. The van der Waals surface area contributed by atoms with Crippen molar-refractivity contribution in [1.82, 2.24) is 10.2 Å². The molecule has 132 valence electrons. The van der Waals surface area contributed by atoms with Crippen LogP contribution < -0.4 is 10.1 Å². The van der Waals surface area contributed by atoms with Gasteiger partial charge in [-0.1, -0.05) is 37.3 Å². The molecule has 3 nitrogen and oxygen atoms in total. The zero-order chi connectivity index (χ0) is 17.3. The molecule has 0 saturated carbocycles. The number of ether oxygens (including phenoxy) is 1. The second-order valence-electron chi connectivity index (χ2n) is 7.23. The molecule has 0 amide bonds. The Labute approximate surface area is 148 Å². The average Bonchev–Trinajstić information content (AvgIpc) is 2.99. The molecular formula is C21H25FN2O. The molecule has 4 heteroatoms. The Morgan fingerprint density at radius 1 is 1.24 bits per heavy atom. The molecule has 2 atom stereocenters. The van der Waals surface area contributed by atoms with E-state index < -0.39 is 0 Å². The van der Waals surface area contributed by atoms with Crippen LogP contribution in [0.1, 0.15) is 36.9 Å². The van der Waals surface area contributed by atoms with E-state index in [9.17, 15) is 4.39 Å². The lowest BCUT2D eigenvalue weighted by molar-refractivity contribution is 0.0378. The van der Waals surface area contributed by atoms with Gasteiger partial charge in [-0.15, -0.1) is 0 Å². The molecule has 2 heterocycles. The van der Waals surface area contributed by atoms with Crippen LogP contribution in [0.5, 0.6) is 5.75 Å². The van der Waals surface area contributed by atoms with E-state index in [0.717, 1.165) is 50.3 Å². The maximum Gasteiger partial charge on any atom is 0.125 e. The molecule has 0 aromatic heterocycles. The number of rotatable bonds is 4. The second kappa shape index (κ2) is 6.77. The van der Waals surface area contributed by atoms with E-state index >= 15 is 0 Å². The van der Waals surface area contributed by atoms with Crippen LogP contribution in [0.15, 0.2) is 48.5 Å². The minimum absolute atomic E-state index is 0.154. The molecule has 1 spiro atoms. The van der Waals surface area contributed by atoms with Crippen molar-refractivity contribution in [2.45, 2.75) is 38.0 Å². The summed E-state index contributed by atoms with van der Waals surface area (Å²) in [6.07, 6.45) is 1.90. The molecule has 1 fully saturated rings. The van der Waals surface area contributed by atoms with Gasteiger partial charge in [-0.05, 0) is 30.3 Å². The zero-order valence-electron chi connectivity index (χ0n) is 14.7. The first kappa shape index (κ1) is 16.6. The van der Waals surface area contributed by atoms with Gasteiger partial charge in [-0.3, -0.25) is 4.90 Å². The van der Waals surface area contributed by atoms with Crippen LogP contribution in [-0.2, 0) is 6.54 Å². The van der Waals surface area contributed by atoms with Crippen LogP contribution in [0.2, 0.25) is 0 Å². The topological polar surface area (TPSA) is 24.5 Å². The molecular weight excluding hydrogens is 315 g/mol. The van der Waals surface area contributed by atoms with Crippen LogP contribution in [0, 0.1) is 5.82 Å². The predicted octanol–water partition coefficient (Wildman–Crippen LogP) is 3.90. The van der Waals surface area contributed by atoms with Gasteiger partial charge in [-0.2, -0.15) is 0 Å². The summed E-state index contributed by atoms with van der Waals surface area (Å²) in [5.41, 5.74) is 2.11. The normalized spacial score (nSPS) is 25.8. The molecule has 1 saturated heterocycles. The molecule has 0 aliphatic carbocycles. The first-order valence-corrected chi connectivity index (χ1v) is 9.16. The molecule has 2 aromatic rings. The van der Waals surface area contributed by atoms with E-state index in [-0.39, 0.29) is 17.5 Å². The lowest BCUT2D eigenvalue weighted by Crippen LogP contribution is -2.46. The van der Waals surface area contributed by atoms with Gasteiger partial charge in [-0.25, -0.2) is 4.39 Å². The average molecular weight is 340 g/mol. The van der Waals surface area contributed by atoms with Crippen molar-refractivity contribution >= 4 is 0 Å². The summed E-state index contributed by atoms with van der Waals surface area (Å²) in [6, 6.07) is 15.6. The quantitative estimate of drug-likeness (QED) is 0.913. The lowest BCUT2D eigenvalue weighted by Gasteiger charge is -2.40. The number of hydrogen-bond acceptors (Lipinski definition) is 3. The highest BCUT2D eigenvalue weighted by atomic mass is 19.1. The van der Waals surface area contributed by atoms with Gasteiger partial charge in [0.15, 0.2) is 0 Å². The maximum absolute atomic E-state index is 13.7. The molecule has 0 radical (unpaired) electrons. The molecule has 2 aliphatic rings. The molecule has 2 aliphatic heterocycles. The highest BCUT2D eigenvalue weighted by molar-refractivity contribution is 5.40. The van der Waals surface area contributed by atoms with Crippen molar-refractivity contribution in [3.63, 3.8) is 0 Å². The molecule has 4 rings (SSSR count). The van der Waals surface area contributed by atoms with Crippen LogP contribution in [0.4, 0.5) is 4.39 Å². The number of fused-ring (bicyclic) bond motifs is 1. The van der Waals surface area contributed by atoms with Crippen LogP contribution in [0.25, 0.3) is 0 Å². The smallest absolute Gasteiger partial charge is 0.125 e. The minimum Gasteiger partial charge on any atom is -0.485 e. The third-order valence-corrected chi connectivity index (χ3v) is 5.34. The Balaban J connectivity index is 1.54. The van der Waals surface area contributed by atoms with E-state index in [4.69, 9.17) is 4.74 Å². The first-order valence-electron chi connectivity index (χ1n) is 9.16. The highest BCUT2D eigenvalue weighted by Gasteiger charge is 2.45. The summed E-state index contributed by atoms with van der Waals surface area (Å²) in [5.74, 6) is 0.637. The maximum atomic E-state index is 13.7. The standard InChI is InChI=1S/C21H25FN2O/c1-2-23-19-13-21(25-20-9-8-17(22)12-18(19)20)10-11-24(15-21)14-16-6-4-3-5-7-16/h3-9,12,19,23H,2,10-11,13-15H2,1H3. The number of halogens is 1. The van der Waals surface area contributed by atoms with E-state index in [1.807, 2.05) is 0 Å². The number of hydrogen-bond donors (Lipinski definition) is 1. The number of likely N-dealkylation sites (tertiary alicyclic amines) is 1. The second-order valence-corrected chi connectivity index (χ2v) is 7.23. The van der Waals surface area contributed by atoms with Crippen LogP contribution >= 0.6 is 0 Å². The SMILES string of the molecule is CCNC1CC2(CCN(Cc3ccccc3)C2)Oc2ccc(F)cc21. The fourth-order valence-electron chi connectivity index (χ4n) is 4.22. The van der Waals surface area contributed by atoms with Crippen molar-refractivity contribution in [1.29, 1.82) is 0 Å². The molecule has 0 bridgehead atoms. The van der Waals surface area contributed by atoms with Gasteiger partial charge in [0, 0.05) is 44.1 Å². The summed E-state index contributed by atoms with van der Waals surface area (Å²) in [4.78, 5) is 2.47. The van der Waals surface area contributed by atoms with Gasteiger partial charge < -0.3 is 10.1 Å². The van der Waals surface area contributed by atoms with E-state index in [1.54, 1.807) is 12.1 Å². The fourth-order valence-corrected chi connectivity index (χ4v) is 4.22. The Kier molecular flexibility index (Phi) is 4.48. The van der Waals surface area contributed by atoms with Crippen molar-refractivity contribution in [3.8, 4) is 5.75 Å². The first-order chi connectivity index (χ1) is 12.2. The number of benzene rings is 2. The number of nitrogens with zero attached hydrogens (tertiary/aromatic N) is 1. The van der Waals surface area contributed by atoms with Crippen LogP contribution in [0.3, 0.4) is 0 Å². The Morgan fingerprint density at radius 2 is 2.08 bits per heavy atom. The van der Waals surface area contributed by atoms with Crippen molar-refractivity contribution in [2.24, 2.45) is 0 Å². The Bertz CT molecular complexity index is 736. The summed E-state index contributed by atoms with van der Waals surface area (Å²) < 4.78 is 20.1. The number of nitrogens with one attached hydrogen (secondary N) is 1. The summed E-state index contributed by atoms with van der Waals surface area (Å²) in [6.45, 7) is 5.86. The van der Waals surface area contributed by atoms with E-state index in [1.165, 1.54) is 11.6 Å². The zero-order valence-corrected chi connectivity index (χ0v) is 14.7. The molecule has 2 unspecified atom stereocenters. The van der Waals surface area contributed by atoms with Crippen LogP contribution in [-0.4, -0.2) is 30.1 Å². The summed E-state index contributed by atoms with van der Waals surface area (Å²) in [7, 11) is 0. The summed E-state index contributed by atoms with van der Waals surface area (Å²) >= 11 is 0. The Hall–Kier alpha value is -1.91. The highest BCUT2D eigenvalue weighted by Crippen LogP contribution is 2.44. The third kappa shape index (κ3) is 3.42. The minimum atomic E-state index is -0.196. The Morgan fingerprint density at radius 3 is 2.88 bits per heavy atom. The predicted molar refractivity (Wildman–Crippen MR) is 97.1 cm³/mol. The van der Waals surface area contributed by atoms with E-state index in [2.05, 4.69) is 47.5 Å². The van der Waals surface area contributed by atoms with Gasteiger partial charge >= 0.3 is 0 Å². The summed E-state index contributed by atoms with van der Waals surface area (Å²) in [5, 5.41) is 3.52. The molecule has 1 N–H and O–H groups in total. The monoisotopic (exact) mass is 340 g/mol. The van der Waals surface area contributed by atoms with Crippen molar-refractivity contribution < 1.29 is 9.13 Å². The molecule has 25 heavy (non-hydrogen) atoms. The van der Waals surface area contributed by atoms with Gasteiger partial charge in [0.2, 0.25) is 0 Å². The fraction of sp³-hybridized carbons (Fsp3) is 0.429. The molecule has 2 aromatic carbocycles. The lowest BCUT2D eigenvalue weighted by atomic mass is 9.86. The van der Waals surface area contributed by atoms with Gasteiger partial charge in [0.25, 0.3) is 0 Å². The van der Waals surface area contributed by atoms with Crippen molar-refractivity contribution in [2.75, 3.05) is 19.6 Å². The van der Waals surface area contributed by atoms with Gasteiger partial charge in [0.05, 0.1) is 0 Å². The van der Waals surface area contributed by atoms with Crippen molar-refractivity contribution in [3.05, 3.63) is 65.5 Å².